The Morgan fingerprint density at radius 2 is 1.62 bits per heavy atom. The summed E-state index contributed by atoms with van der Waals surface area (Å²) in [5, 5.41) is 21.7. The molecule has 2 aliphatic carbocycles. The molecule has 122 valence electrons. The van der Waals surface area contributed by atoms with E-state index >= 15 is 0 Å². The van der Waals surface area contributed by atoms with Crippen LogP contribution in [0.4, 0.5) is 0 Å². The van der Waals surface area contributed by atoms with Crippen LogP contribution in [0.25, 0.3) is 10.8 Å². The zero-order chi connectivity index (χ0) is 17.2. The second-order valence-corrected chi connectivity index (χ2v) is 6.71. The lowest BCUT2D eigenvalue weighted by Crippen LogP contribution is -2.48. The summed E-state index contributed by atoms with van der Waals surface area (Å²) in [4.78, 5) is 37.5. The molecule has 0 aromatic heterocycles. The Balaban J connectivity index is 2.05. The van der Waals surface area contributed by atoms with Crippen molar-refractivity contribution < 1.29 is 24.6 Å². The molecule has 2 N–H and O–H groups in total. The number of carbonyl (C=O) groups is 3. The fourth-order valence-electron chi connectivity index (χ4n) is 3.90. The highest BCUT2D eigenvalue weighted by atomic mass is 35.5. The molecule has 4 rings (SSSR count). The van der Waals surface area contributed by atoms with Crippen LogP contribution in [0.1, 0.15) is 33.6 Å². The van der Waals surface area contributed by atoms with Gasteiger partial charge in [-0.15, -0.1) is 0 Å². The van der Waals surface area contributed by atoms with Crippen molar-refractivity contribution in [2.75, 3.05) is 0 Å². The van der Waals surface area contributed by atoms with Gasteiger partial charge < -0.3 is 10.2 Å². The summed E-state index contributed by atoms with van der Waals surface area (Å²) in [6.45, 7) is 0. The normalized spacial score (nSPS) is 26.4. The first-order valence-electron chi connectivity index (χ1n) is 7.63. The summed E-state index contributed by atoms with van der Waals surface area (Å²) in [6.07, 6.45) is -1.46. The SMILES string of the molecule is O=C1C[C@H](O)[C@@H]2C(=O)c3c(c(Cl)c4ccccc4c3O)C(=O)[C@@H]2C1. The molecule has 0 aliphatic heterocycles. The molecule has 6 heteroatoms. The minimum atomic E-state index is -1.22. The summed E-state index contributed by atoms with van der Waals surface area (Å²) in [6, 6.07) is 6.67. The molecule has 3 atom stereocenters. The molecule has 1 saturated carbocycles. The Kier molecular flexibility index (Phi) is 3.27. The van der Waals surface area contributed by atoms with Gasteiger partial charge in [-0.25, -0.2) is 0 Å². The van der Waals surface area contributed by atoms with E-state index in [1.165, 1.54) is 0 Å². The first-order valence-corrected chi connectivity index (χ1v) is 8.01. The maximum Gasteiger partial charge on any atom is 0.173 e. The Labute approximate surface area is 141 Å². The van der Waals surface area contributed by atoms with Gasteiger partial charge in [-0.1, -0.05) is 35.9 Å². The molecule has 0 saturated heterocycles. The van der Waals surface area contributed by atoms with Crippen molar-refractivity contribution in [1.82, 2.24) is 0 Å². The summed E-state index contributed by atoms with van der Waals surface area (Å²) < 4.78 is 0. The molecular formula is C18H13ClO5. The van der Waals surface area contributed by atoms with Crippen LogP contribution in [0.2, 0.25) is 5.02 Å². The first-order chi connectivity index (χ1) is 11.4. The predicted octanol–water partition coefficient (Wildman–Crippen LogP) is 2.53. The Bertz CT molecular complexity index is 933. The molecule has 0 heterocycles. The summed E-state index contributed by atoms with van der Waals surface area (Å²) in [5.74, 6) is -3.47. The van der Waals surface area contributed by atoms with E-state index in [1.54, 1.807) is 24.3 Å². The number of phenols is 1. The number of aliphatic hydroxyl groups is 1. The molecule has 0 radical (unpaired) electrons. The number of benzene rings is 2. The van der Waals surface area contributed by atoms with E-state index in [1.807, 2.05) is 0 Å². The van der Waals surface area contributed by atoms with Crippen molar-refractivity contribution in [2.24, 2.45) is 11.8 Å². The Hall–Kier alpha value is -2.24. The quantitative estimate of drug-likeness (QED) is 0.766. The van der Waals surface area contributed by atoms with Crippen molar-refractivity contribution in [2.45, 2.75) is 18.9 Å². The third-order valence-corrected chi connectivity index (χ3v) is 5.38. The zero-order valence-electron chi connectivity index (χ0n) is 12.5. The molecule has 0 spiro atoms. The van der Waals surface area contributed by atoms with E-state index < -0.39 is 29.5 Å². The van der Waals surface area contributed by atoms with Gasteiger partial charge in [-0.2, -0.15) is 0 Å². The largest absolute Gasteiger partial charge is 0.507 e. The van der Waals surface area contributed by atoms with Gasteiger partial charge >= 0.3 is 0 Å². The van der Waals surface area contributed by atoms with Crippen molar-refractivity contribution in [3.8, 4) is 5.75 Å². The average Bonchev–Trinajstić information content (AvgIpc) is 2.55. The maximum atomic E-state index is 12.9. The summed E-state index contributed by atoms with van der Waals surface area (Å²) in [7, 11) is 0. The third kappa shape index (κ3) is 1.88. The molecular weight excluding hydrogens is 332 g/mol. The van der Waals surface area contributed by atoms with Crippen LogP contribution in [0, 0.1) is 11.8 Å². The third-order valence-electron chi connectivity index (χ3n) is 4.99. The van der Waals surface area contributed by atoms with Gasteiger partial charge in [0.1, 0.15) is 11.5 Å². The number of carbonyl (C=O) groups excluding carboxylic acids is 3. The van der Waals surface area contributed by atoms with E-state index in [9.17, 15) is 24.6 Å². The fraction of sp³-hybridized carbons (Fsp3) is 0.278. The van der Waals surface area contributed by atoms with Crippen molar-refractivity contribution in [3.05, 3.63) is 40.4 Å². The molecule has 2 aliphatic rings. The number of phenolic OH excluding ortho intramolecular Hbond substituents is 1. The Morgan fingerprint density at radius 3 is 2.33 bits per heavy atom. The van der Waals surface area contributed by atoms with Gasteiger partial charge in [-0.3, -0.25) is 14.4 Å². The van der Waals surface area contributed by atoms with Crippen LogP contribution in [-0.2, 0) is 4.79 Å². The lowest BCUT2D eigenvalue weighted by molar-refractivity contribution is -0.125. The smallest absolute Gasteiger partial charge is 0.173 e. The van der Waals surface area contributed by atoms with E-state index in [2.05, 4.69) is 0 Å². The van der Waals surface area contributed by atoms with Crippen LogP contribution in [0.15, 0.2) is 24.3 Å². The number of ketones is 3. The lowest BCUT2D eigenvalue weighted by Gasteiger charge is -2.37. The van der Waals surface area contributed by atoms with Crippen LogP contribution in [0.3, 0.4) is 0 Å². The van der Waals surface area contributed by atoms with Crippen LogP contribution < -0.4 is 0 Å². The van der Waals surface area contributed by atoms with Gasteiger partial charge in [-0.05, 0) is 0 Å². The van der Waals surface area contributed by atoms with Crippen LogP contribution >= 0.6 is 11.6 Å². The number of fused-ring (bicyclic) bond motifs is 3. The number of halogens is 1. The minimum Gasteiger partial charge on any atom is -0.507 e. The van der Waals surface area contributed by atoms with Crippen molar-refractivity contribution >= 4 is 39.7 Å². The second-order valence-electron chi connectivity index (χ2n) is 6.33. The molecule has 0 bridgehead atoms. The number of Topliss-reactive ketones (excluding diaryl/α,β-unsaturated/α-hetero) is 3. The highest BCUT2D eigenvalue weighted by molar-refractivity contribution is 6.41. The topological polar surface area (TPSA) is 91.7 Å². The van der Waals surface area contributed by atoms with E-state index in [0.717, 1.165) is 0 Å². The molecule has 0 amide bonds. The second kappa shape index (κ2) is 5.13. The maximum absolute atomic E-state index is 12.9. The Morgan fingerprint density at radius 1 is 0.958 bits per heavy atom. The number of aliphatic hydroxyl groups excluding tert-OH is 1. The summed E-state index contributed by atoms with van der Waals surface area (Å²) in [5.41, 5.74) is -0.181. The number of aromatic hydroxyl groups is 1. The van der Waals surface area contributed by atoms with E-state index in [-0.39, 0.29) is 40.5 Å². The van der Waals surface area contributed by atoms with Gasteiger partial charge in [0.15, 0.2) is 11.6 Å². The van der Waals surface area contributed by atoms with Gasteiger partial charge in [0.25, 0.3) is 0 Å². The number of hydrogen-bond donors (Lipinski definition) is 2. The molecule has 1 fully saturated rings. The molecule has 2 aromatic carbocycles. The van der Waals surface area contributed by atoms with Gasteiger partial charge in [0.2, 0.25) is 0 Å². The molecule has 2 aromatic rings. The zero-order valence-corrected chi connectivity index (χ0v) is 13.2. The van der Waals surface area contributed by atoms with Crippen LogP contribution in [0.5, 0.6) is 5.75 Å². The monoisotopic (exact) mass is 344 g/mol. The molecule has 0 unspecified atom stereocenters. The molecule has 24 heavy (non-hydrogen) atoms. The fourth-order valence-corrected chi connectivity index (χ4v) is 4.25. The minimum absolute atomic E-state index is 0.0407. The highest BCUT2D eigenvalue weighted by Gasteiger charge is 2.50. The lowest BCUT2D eigenvalue weighted by atomic mass is 9.65. The highest BCUT2D eigenvalue weighted by Crippen LogP contribution is 2.47. The number of hydrogen-bond acceptors (Lipinski definition) is 5. The van der Waals surface area contributed by atoms with E-state index in [4.69, 9.17) is 11.6 Å². The van der Waals surface area contributed by atoms with Crippen LogP contribution in [-0.4, -0.2) is 33.7 Å². The average molecular weight is 345 g/mol. The predicted molar refractivity (Wildman–Crippen MR) is 86.5 cm³/mol. The summed E-state index contributed by atoms with van der Waals surface area (Å²) >= 11 is 6.36. The van der Waals surface area contributed by atoms with Crippen molar-refractivity contribution in [3.63, 3.8) is 0 Å². The molecule has 5 nitrogen and oxygen atoms in total. The number of rotatable bonds is 0. The standard InChI is InChI=1S/C18H13ClO5/c19-15-8-3-1-2-4-9(8)16(22)14-13(15)17(23)10-5-7(20)6-11(21)12(10)18(14)24/h1-4,10-12,21-22H,5-6H2/t10-,11+,12-/m1/s1. The van der Waals surface area contributed by atoms with E-state index in [0.29, 0.717) is 10.8 Å². The van der Waals surface area contributed by atoms with Gasteiger partial charge in [0, 0.05) is 29.5 Å². The van der Waals surface area contributed by atoms with Gasteiger partial charge in [0.05, 0.1) is 28.2 Å². The first kappa shape index (κ1) is 15.3. The van der Waals surface area contributed by atoms with Crippen molar-refractivity contribution in [1.29, 1.82) is 0 Å².